The number of amides is 2. The third kappa shape index (κ3) is 3.61. The van der Waals surface area contributed by atoms with Gasteiger partial charge in [-0.1, -0.05) is 6.07 Å². The first-order chi connectivity index (χ1) is 9.01. The second-order valence-electron chi connectivity index (χ2n) is 3.97. The van der Waals surface area contributed by atoms with Crippen molar-refractivity contribution < 1.29 is 14.3 Å². The first kappa shape index (κ1) is 14.8. The summed E-state index contributed by atoms with van der Waals surface area (Å²) in [5.41, 5.74) is 6.49. The number of anilines is 1. The number of nitrogen functional groups attached to an aromatic ring is 1. The topological polar surface area (TPSA) is 93.4 Å². The maximum Gasteiger partial charge on any atom is 0.255 e. The van der Waals surface area contributed by atoms with Gasteiger partial charge in [0, 0.05) is 7.05 Å². The molecule has 19 heavy (non-hydrogen) atoms. The normalized spacial score (nSPS) is 11.5. The summed E-state index contributed by atoms with van der Waals surface area (Å²) in [7, 11) is 1.51. The number of ether oxygens (including phenoxy) is 1. The fourth-order valence-electron chi connectivity index (χ4n) is 1.60. The minimum absolute atomic E-state index is 0.268. The lowest BCUT2D eigenvalue weighted by Crippen LogP contribution is -2.43. The van der Waals surface area contributed by atoms with Gasteiger partial charge in [-0.25, -0.2) is 0 Å². The number of likely N-dealkylation sites (N-methyl/N-ethyl adjacent to an activating group) is 1. The standard InChI is InChI=1S/C13H19N3O3/c1-4-19-11-9(6-5-7-10(11)14)13(18)16-8(2)12(17)15-3/h5-8H,4,14H2,1-3H3,(H,15,17)(H,16,18). The fraction of sp³-hybridized carbons (Fsp3) is 0.385. The summed E-state index contributed by atoms with van der Waals surface area (Å²) < 4.78 is 5.37. The zero-order valence-electron chi connectivity index (χ0n) is 11.3. The van der Waals surface area contributed by atoms with Gasteiger partial charge >= 0.3 is 0 Å². The van der Waals surface area contributed by atoms with Gasteiger partial charge in [0.15, 0.2) is 5.75 Å². The molecule has 0 aliphatic carbocycles. The average molecular weight is 265 g/mol. The van der Waals surface area contributed by atoms with Gasteiger partial charge in [0.25, 0.3) is 5.91 Å². The van der Waals surface area contributed by atoms with Crippen molar-refractivity contribution in [3.8, 4) is 5.75 Å². The lowest BCUT2D eigenvalue weighted by atomic mass is 10.1. The molecule has 0 bridgehead atoms. The van der Waals surface area contributed by atoms with Gasteiger partial charge in [-0.3, -0.25) is 9.59 Å². The van der Waals surface area contributed by atoms with E-state index in [1.54, 1.807) is 32.0 Å². The molecule has 2 amide bonds. The van der Waals surface area contributed by atoms with Crippen LogP contribution >= 0.6 is 0 Å². The molecular weight excluding hydrogens is 246 g/mol. The van der Waals surface area contributed by atoms with Crippen LogP contribution in [0.4, 0.5) is 5.69 Å². The number of hydrogen-bond donors (Lipinski definition) is 3. The predicted octanol–water partition coefficient (Wildman–Crippen LogP) is 0.532. The average Bonchev–Trinajstić information content (AvgIpc) is 2.40. The molecule has 104 valence electrons. The van der Waals surface area contributed by atoms with Crippen molar-refractivity contribution in [1.29, 1.82) is 0 Å². The molecule has 1 aromatic carbocycles. The summed E-state index contributed by atoms with van der Waals surface area (Å²) in [4.78, 5) is 23.5. The second-order valence-corrected chi connectivity index (χ2v) is 3.97. The second kappa shape index (κ2) is 6.63. The van der Waals surface area contributed by atoms with Gasteiger partial charge in [-0.2, -0.15) is 0 Å². The Labute approximate surface area is 112 Å². The highest BCUT2D eigenvalue weighted by Gasteiger charge is 2.19. The predicted molar refractivity (Wildman–Crippen MR) is 73.0 cm³/mol. The Kier molecular flexibility index (Phi) is 5.17. The van der Waals surface area contributed by atoms with E-state index in [9.17, 15) is 9.59 Å². The lowest BCUT2D eigenvalue weighted by molar-refractivity contribution is -0.122. The quantitative estimate of drug-likeness (QED) is 0.677. The number of benzene rings is 1. The molecule has 6 heteroatoms. The van der Waals surface area contributed by atoms with Gasteiger partial charge in [0.1, 0.15) is 6.04 Å². The number of carbonyl (C=O) groups excluding carboxylic acids is 2. The van der Waals surface area contributed by atoms with Gasteiger partial charge < -0.3 is 21.1 Å². The summed E-state index contributed by atoms with van der Waals surface area (Å²) in [6.07, 6.45) is 0. The number of para-hydroxylation sites is 1. The van der Waals surface area contributed by atoms with E-state index in [0.717, 1.165) is 0 Å². The monoisotopic (exact) mass is 265 g/mol. The van der Waals surface area contributed by atoms with Crippen LogP contribution in [0.3, 0.4) is 0 Å². The Morgan fingerprint density at radius 1 is 1.42 bits per heavy atom. The van der Waals surface area contributed by atoms with Crippen molar-refractivity contribution >= 4 is 17.5 Å². The van der Waals surface area contributed by atoms with Crippen LogP contribution in [-0.2, 0) is 4.79 Å². The number of nitrogens with two attached hydrogens (primary N) is 1. The van der Waals surface area contributed by atoms with Crippen LogP contribution in [0, 0.1) is 0 Å². The van der Waals surface area contributed by atoms with E-state index in [4.69, 9.17) is 10.5 Å². The van der Waals surface area contributed by atoms with Crippen LogP contribution < -0.4 is 21.1 Å². The van der Waals surface area contributed by atoms with Crippen LogP contribution in [0.15, 0.2) is 18.2 Å². The molecule has 6 nitrogen and oxygen atoms in total. The van der Waals surface area contributed by atoms with E-state index >= 15 is 0 Å². The van der Waals surface area contributed by atoms with Crippen molar-refractivity contribution in [2.75, 3.05) is 19.4 Å². The molecule has 0 aromatic heterocycles. The molecule has 0 saturated carbocycles. The molecule has 0 spiro atoms. The maximum atomic E-state index is 12.1. The van der Waals surface area contributed by atoms with E-state index < -0.39 is 11.9 Å². The summed E-state index contributed by atoms with van der Waals surface area (Å²) in [6, 6.07) is 4.29. The molecule has 0 fully saturated rings. The molecular formula is C13H19N3O3. The van der Waals surface area contributed by atoms with E-state index in [1.165, 1.54) is 7.05 Å². The molecule has 1 unspecified atom stereocenters. The Balaban J connectivity index is 2.93. The van der Waals surface area contributed by atoms with E-state index in [2.05, 4.69) is 10.6 Å². The maximum absolute atomic E-state index is 12.1. The highest BCUT2D eigenvalue weighted by Crippen LogP contribution is 2.26. The van der Waals surface area contributed by atoms with Crippen LogP contribution in [0.1, 0.15) is 24.2 Å². The fourth-order valence-corrected chi connectivity index (χ4v) is 1.60. The Bertz CT molecular complexity index is 474. The van der Waals surface area contributed by atoms with Crippen molar-refractivity contribution in [3.63, 3.8) is 0 Å². The molecule has 1 rings (SSSR count). The third-order valence-electron chi connectivity index (χ3n) is 2.57. The molecule has 0 heterocycles. The van der Waals surface area contributed by atoms with Gasteiger partial charge in [-0.05, 0) is 26.0 Å². The van der Waals surface area contributed by atoms with Gasteiger partial charge in [0.05, 0.1) is 17.9 Å². The minimum Gasteiger partial charge on any atom is -0.491 e. The lowest BCUT2D eigenvalue weighted by Gasteiger charge is -2.15. The number of carbonyl (C=O) groups is 2. The van der Waals surface area contributed by atoms with Gasteiger partial charge in [-0.15, -0.1) is 0 Å². The molecule has 0 aliphatic rings. The highest BCUT2D eigenvalue weighted by molar-refractivity contribution is 6.00. The zero-order valence-corrected chi connectivity index (χ0v) is 11.3. The van der Waals surface area contributed by atoms with Crippen LogP contribution in [0.2, 0.25) is 0 Å². The van der Waals surface area contributed by atoms with E-state index in [1.807, 2.05) is 0 Å². The first-order valence-corrected chi connectivity index (χ1v) is 6.05. The van der Waals surface area contributed by atoms with Crippen LogP contribution in [0.5, 0.6) is 5.75 Å². The molecule has 0 saturated heterocycles. The Hall–Kier alpha value is -2.24. The summed E-state index contributed by atoms with van der Waals surface area (Å²) in [5.74, 6) is -0.325. The number of hydrogen-bond acceptors (Lipinski definition) is 4. The molecule has 1 aromatic rings. The Morgan fingerprint density at radius 3 is 2.68 bits per heavy atom. The van der Waals surface area contributed by atoms with Crippen molar-refractivity contribution in [2.45, 2.75) is 19.9 Å². The first-order valence-electron chi connectivity index (χ1n) is 6.05. The highest BCUT2D eigenvalue weighted by atomic mass is 16.5. The summed E-state index contributed by atoms with van der Waals surface area (Å²) in [5, 5.41) is 5.05. The van der Waals surface area contributed by atoms with Crippen molar-refractivity contribution in [3.05, 3.63) is 23.8 Å². The molecule has 0 radical (unpaired) electrons. The van der Waals surface area contributed by atoms with Crippen LogP contribution in [0.25, 0.3) is 0 Å². The SMILES string of the molecule is CCOc1c(N)cccc1C(=O)NC(C)C(=O)NC. The summed E-state index contributed by atoms with van der Waals surface area (Å²) in [6.45, 7) is 3.81. The zero-order chi connectivity index (χ0) is 14.4. The van der Waals surface area contributed by atoms with Gasteiger partial charge in [0.2, 0.25) is 5.91 Å². The molecule has 0 aliphatic heterocycles. The largest absolute Gasteiger partial charge is 0.491 e. The molecule has 4 N–H and O–H groups in total. The van der Waals surface area contributed by atoms with E-state index in [-0.39, 0.29) is 5.91 Å². The summed E-state index contributed by atoms with van der Waals surface area (Å²) >= 11 is 0. The molecule has 1 atom stereocenters. The minimum atomic E-state index is -0.631. The third-order valence-corrected chi connectivity index (χ3v) is 2.57. The number of nitrogens with one attached hydrogen (secondary N) is 2. The Morgan fingerprint density at radius 2 is 2.11 bits per heavy atom. The van der Waals surface area contributed by atoms with Crippen LogP contribution in [-0.4, -0.2) is 31.5 Å². The van der Waals surface area contributed by atoms with Crippen molar-refractivity contribution in [1.82, 2.24) is 10.6 Å². The number of rotatable bonds is 5. The van der Waals surface area contributed by atoms with Crippen molar-refractivity contribution in [2.24, 2.45) is 0 Å². The smallest absolute Gasteiger partial charge is 0.255 e. The van der Waals surface area contributed by atoms with E-state index in [0.29, 0.717) is 23.6 Å².